The van der Waals surface area contributed by atoms with Gasteiger partial charge in [0.2, 0.25) is 10.0 Å². The highest BCUT2D eigenvalue weighted by atomic mass is 32.2. The maximum Gasteiger partial charge on any atom is 0.248 e. The zero-order chi connectivity index (χ0) is 15.0. The van der Waals surface area contributed by atoms with Gasteiger partial charge in [-0.25, -0.2) is 8.42 Å². The number of sulfonamides is 1. The molecule has 0 spiro atoms. The van der Waals surface area contributed by atoms with Gasteiger partial charge in [0.1, 0.15) is 4.90 Å². The second kappa shape index (κ2) is 5.16. The van der Waals surface area contributed by atoms with Crippen LogP contribution >= 0.6 is 0 Å². The zero-order valence-corrected chi connectivity index (χ0v) is 12.6. The normalized spacial score (nSPS) is 20.0. The fraction of sp³-hybridized carbons (Fsp3) is 0.357. The first-order valence-corrected chi connectivity index (χ1v) is 8.30. The van der Waals surface area contributed by atoms with Crippen molar-refractivity contribution >= 4 is 15.8 Å². The molecule has 21 heavy (non-hydrogen) atoms. The van der Waals surface area contributed by atoms with Crippen LogP contribution in [0.3, 0.4) is 0 Å². The third-order valence-electron chi connectivity index (χ3n) is 3.80. The predicted octanol–water partition coefficient (Wildman–Crippen LogP) is 1.53. The molecule has 2 N–H and O–H groups in total. The number of nitrogen functional groups attached to an aromatic ring is 1. The van der Waals surface area contributed by atoms with Crippen molar-refractivity contribution in [2.45, 2.75) is 23.8 Å². The van der Waals surface area contributed by atoms with E-state index in [0.717, 1.165) is 18.4 Å². The first kappa shape index (κ1) is 14.1. The van der Waals surface area contributed by atoms with Crippen LogP contribution in [0.1, 0.15) is 24.4 Å². The highest BCUT2D eigenvalue weighted by molar-refractivity contribution is 7.89. The lowest BCUT2D eigenvalue weighted by atomic mass is 10.1. The van der Waals surface area contributed by atoms with Gasteiger partial charge in [0.15, 0.2) is 5.82 Å². The molecule has 1 aromatic carbocycles. The van der Waals surface area contributed by atoms with Crippen molar-refractivity contribution in [2.24, 2.45) is 7.05 Å². The van der Waals surface area contributed by atoms with Gasteiger partial charge in [-0.05, 0) is 18.4 Å². The summed E-state index contributed by atoms with van der Waals surface area (Å²) in [6, 6.07) is 9.58. The summed E-state index contributed by atoms with van der Waals surface area (Å²) in [4.78, 5) is 0.0906. The molecule has 0 aliphatic carbocycles. The summed E-state index contributed by atoms with van der Waals surface area (Å²) in [6.45, 7) is 0.510. The van der Waals surface area contributed by atoms with E-state index in [0.29, 0.717) is 6.54 Å². The Hall–Kier alpha value is -1.86. The molecule has 0 bridgehead atoms. The molecule has 1 fully saturated rings. The van der Waals surface area contributed by atoms with E-state index in [2.05, 4.69) is 5.10 Å². The lowest BCUT2D eigenvalue weighted by Crippen LogP contribution is -2.31. The number of nitrogens with zero attached hydrogens (tertiary/aromatic N) is 3. The number of aryl methyl sites for hydroxylation is 1. The molecule has 3 rings (SSSR count). The van der Waals surface area contributed by atoms with E-state index in [1.807, 2.05) is 30.3 Å². The molecule has 1 saturated heterocycles. The SMILES string of the molecule is Cn1cc(S(=O)(=O)N2CCCC2c2ccccc2)c(N)n1. The van der Waals surface area contributed by atoms with Gasteiger partial charge in [0.05, 0.1) is 6.04 Å². The number of aromatic nitrogens is 2. The molecular formula is C14H18N4O2S. The molecule has 112 valence electrons. The van der Waals surface area contributed by atoms with Crippen molar-refractivity contribution in [1.82, 2.24) is 14.1 Å². The largest absolute Gasteiger partial charge is 0.381 e. The molecule has 0 amide bonds. The van der Waals surface area contributed by atoms with Crippen molar-refractivity contribution in [3.05, 3.63) is 42.1 Å². The van der Waals surface area contributed by atoms with E-state index in [9.17, 15) is 8.42 Å². The van der Waals surface area contributed by atoms with Gasteiger partial charge in [0.25, 0.3) is 0 Å². The van der Waals surface area contributed by atoms with Gasteiger partial charge >= 0.3 is 0 Å². The van der Waals surface area contributed by atoms with Crippen LogP contribution < -0.4 is 5.73 Å². The van der Waals surface area contributed by atoms with Crippen molar-refractivity contribution in [3.63, 3.8) is 0 Å². The van der Waals surface area contributed by atoms with E-state index in [-0.39, 0.29) is 16.8 Å². The first-order valence-electron chi connectivity index (χ1n) is 6.86. The van der Waals surface area contributed by atoms with Crippen LogP contribution in [0, 0.1) is 0 Å². The fourth-order valence-corrected chi connectivity index (χ4v) is 4.62. The summed E-state index contributed by atoms with van der Waals surface area (Å²) >= 11 is 0. The number of rotatable bonds is 3. The zero-order valence-electron chi connectivity index (χ0n) is 11.8. The van der Waals surface area contributed by atoms with Crippen LogP contribution in [-0.4, -0.2) is 29.0 Å². The Morgan fingerprint density at radius 2 is 2.00 bits per heavy atom. The Bertz CT molecular complexity index is 740. The molecule has 1 unspecified atom stereocenters. The number of nitrogens with two attached hydrogens (primary N) is 1. The Morgan fingerprint density at radius 3 is 2.62 bits per heavy atom. The quantitative estimate of drug-likeness (QED) is 0.932. The molecule has 2 aromatic rings. The van der Waals surface area contributed by atoms with Crippen LogP contribution in [0.5, 0.6) is 0 Å². The Kier molecular flexibility index (Phi) is 3.46. The summed E-state index contributed by atoms with van der Waals surface area (Å²) in [7, 11) is -1.96. The molecule has 7 heteroatoms. The van der Waals surface area contributed by atoms with E-state index in [4.69, 9.17) is 5.73 Å². The second-order valence-corrected chi connectivity index (χ2v) is 7.10. The van der Waals surface area contributed by atoms with E-state index in [1.165, 1.54) is 15.2 Å². The average Bonchev–Trinajstić information content (AvgIpc) is 3.07. The van der Waals surface area contributed by atoms with Crippen LogP contribution in [0.4, 0.5) is 5.82 Å². The Balaban J connectivity index is 2.00. The van der Waals surface area contributed by atoms with Gasteiger partial charge in [-0.2, -0.15) is 9.40 Å². The van der Waals surface area contributed by atoms with Gasteiger partial charge in [-0.15, -0.1) is 0 Å². The van der Waals surface area contributed by atoms with Crippen LogP contribution in [-0.2, 0) is 17.1 Å². The summed E-state index contributed by atoms with van der Waals surface area (Å²) < 4.78 is 28.7. The summed E-state index contributed by atoms with van der Waals surface area (Å²) in [6.07, 6.45) is 3.13. The second-order valence-electron chi connectivity index (χ2n) is 5.24. The number of benzene rings is 1. The molecule has 2 heterocycles. The standard InChI is InChI=1S/C14H18N4O2S/c1-17-10-13(14(15)16-17)21(19,20)18-9-5-8-12(18)11-6-3-2-4-7-11/h2-4,6-7,10,12H,5,8-9H2,1H3,(H2,15,16). The molecule has 1 atom stereocenters. The molecule has 6 nitrogen and oxygen atoms in total. The van der Waals surface area contributed by atoms with Crippen molar-refractivity contribution < 1.29 is 8.42 Å². The molecule has 0 radical (unpaired) electrons. The van der Waals surface area contributed by atoms with E-state index >= 15 is 0 Å². The molecule has 1 aromatic heterocycles. The molecule has 1 aliphatic heterocycles. The molecule has 0 saturated carbocycles. The number of anilines is 1. The monoisotopic (exact) mass is 306 g/mol. The van der Waals surface area contributed by atoms with Crippen molar-refractivity contribution in [2.75, 3.05) is 12.3 Å². The third kappa shape index (κ3) is 2.43. The van der Waals surface area contributed by atoms with Crippen LogP contribution in [0.25, 0.3) is 0 Å². The minimum atomic E-state index is -3.62. The highest BCUT2D eigenvalue weighted by Gasteiger charge is 2.37. The minimum absolute atomic E-state index is 0.0520. The average molecular weight is 306 g/mol. The van der Waals surface area contributed by atoms with E-state index in [1.54, 1.807) is 7.05 Å². The van der Waals surface area contributed by atoms with Gasteiger partial charge < -0.3 is 5.73 Å². The lowest BCUT2D eigenvalue weighted by Gasteiger charge is -2.24. The third-order valence-corrected chi connectivity index (χ3v) is 5.72. The summed E-state index contributed by atoms with van der Waals surface area (Å²) in [5.74, 6) is 0.0520. The summed E-state index contributed by atoms with van der Waals surface area (Å²) in [5.41, 5.74) is 6.76. The molecule has 1 aliphatic rings. The fourth-order valence-electron chi connectivity index (χ4n) is 2.85. The van der Waals surface area contributed by atoms with Gasteiger partial charge in [-0.3, -0.25) is 4.68 Å². The Labute approximate surface area is 124 Å². The topological polar surface area (TPSA) is 81.2 Å². The Morgan fingerprint density at radius 1 is 1.29 bits per heavy atom. The number of hydrogen-bond donors (Lipinski definition) is 1. The molecular weight excluding hydrogens is 288 g/mol. The van der Waals surface area contributed by atoms with Crippen molar-refractivity contribution in [3.8, 4) is 0 Å². The predicted molar refractivity (Wildman–Crippen MR) is 79.9 cm³/mol. The minimum Gasteiger partial charge on any atom is -0.381 e. The van der Waals surface area contributed by atoms with Crippen LogP contribution in [0.15, 0.2) is 41.4 Å². The van der Waals surface area contributed by atoms with Crippen LogP contribution in [0.2, 0.25) is 0 Å². The smallest absolute Gasteiger partial charge is 0.248 e. The maximum atomic E-state index is 12.8. The maximum absolute atomic E-state index is 12.8. The highest BCUT2D eigenvalue weighted by Crippen LogP contribution is 2.37. The summed E-state index contributed by atoms with van der Waals surface area (Å²) in [5, 5.41) is 3.94. The van der Waals surface area contributed by atoms with Gasteiger partial charge in [0, 0.05) is 19.8 Å². The van der Waals surface area contributed by atoms with Crippen molar-refractivity contribution in [1.29, 1.82) is 0 Å². The van der Waals surface area contributed by atoms with Gasteiger partial charge in [-0.1, -0.05) is 30.3 Å². The van der Waals surface area contributed by atoms with E-state index < -0.39 is 10.0 Å². The number of hydrogen-bond acceptors (Lipinski definition) is 4. The first-order chi connectivity index (χ1) is 10.00. The lowest BCUT2D eigenvalue weighted by molar-refractivity contribution is 0.397.